The van der Waals surface area contributed by atoms with Gasteiger partial charge in [-0.1, -0.05) is 22.0 Å². The Labute approximate surface area is 111 Å². The highest BCUT2D eigenvalue weighted by Gasteiger charge is 2.02. The highest BCUT2D eigenvalue weighted by atomic mass is 79.9. The largest absolute Gasteiger partial charge is 0.356 e. The van der Waals surface area contributed by atoms with Crippen molar-refractivity contribution in [2.24, 2.45) is 0 Å². The summed E-state index contributed by atoms with van der Waals surface area (Å²) in [6.07, 6.45) is 1.41. The number of amides is 1. The zero-order chi connectivity index (χ0) is 12.7. The molecule has 1 amide bonds. The molecule has 0 spiro atoms. The third kappa shape index (κ3) is 5.33. The van der Waals surface area contributed by atoms with Crippen molar-refractivity contribution in [2.45, 2.75) is 19.8 Å². The van der Waals surface area contributed by atoms with E-state index < -0.39 is 0 Å². The SMILES string of the molecule is CNCCC(=O)NCCc1cc(Br)ccc1C. The second kappa shape index (κ2) is 7.45. The minimum atomic E-state index is 0.104. The Morgan fingerprint density at radius 3 is 2.82 bits per heavy atom. The summed E-state index contributed by atoms with van der Waals surface area (Å²) in [5, 5.41) is 5.87. The van der Waals surface area contributed by atoms with Crippen molar-refractivity contribution in [3.63, 3.8) is 0 Å². The Bertz CT molecular complexity index is 380. The van der Waals surface area contributed by atoms with Crippen molar-refractivity contribution < 1.29 is 4.79 Å². The van der Waals surface area contributed by atoms with Gasteiger partial charge in [0.25, 0.3) is 0 Å². The molecular weight excluding hydrogens is 280 g/mol. The van der Waals surface area contributed by atoms with Crippen LogP contribution in [0, 0.1) is 6.92 Å². The number of nitrogens with one attached hydrogen (secondary N) is 2. The number of carbonyl (C=O) groups excluding carboxylic acids is 1. The Kier molecular flexibility index (Phi) is 6.22. The Hall–Kier alpha value is -0.870. The Morgan fingerprint density at radius 2 is 2.12 bits per heavy atom. The smallest absolute Gasteiger partial charge is 0.221 e. The van der Waals surface area contributed by atoms with Crippen LogP contribution < -0.4 is 10.6 Å². The molecule has 0 aliphatic carbocycles. The molecule has 0 bridgehead atoms. The molecule has 0 saturated carbocycles. The minimum absolute atomic E-state index is 0.104. The van der Waals surface area contributed by atoms with E-state index in [9.17, 15) is 4.79 Å². The summed E-state index contributed by atoms with van der Waals surface area (Å²) in [4.78, 5) is 11.4. The maximum absolute atomic E-state index is 11.4. The number of hydrogen-bond donors (Lipinski definition) is 2. The zero-order valence-electron chi connectivity index (χ0n) is 10.3. The van der Waals surface area contributed by atoms with E-state index >= 15 is 0 Å². The van der Waals surface area contributed by atoms with E-state index in [1.54, 1.807) is 0 Å². The van der Waals surface area contributed by atoms with E-state index in [0.29, 0.717) is 13.0 Å². The first-order valence-corrected chi connectivity index (χ1v) is 6.59. The maximum Gasteiger partial charge on any atom is 0.221 e. The average Bonchev–Trinajstić information content (AvgIpc) is 2.31. The van der Waals surface area contributed by atoms with Crippen LogP contribution in [0.1, 0.15) is 17.5 Å². The van der Waals surface area contributed by atoms with Crippen LogP contribution >= 0.6 is 15.9 Å². The molecule has 2 N–H and O–H groups in total. The maximum atomic E-state index is 11.4. The number of halogens is 1. The van der Waals surface area contributed by atoms with Gasteiger partial charge in [0.15, 0.2) is 0 Å². The van der Waals surface area contributed by atoms with Gasteiger partial charge in [0.05, 0.1) is 0 Å². The summed E-state index contributed by atoms with van der Waals surface area (Å²) in [5.74, 6) is 0.104. The standard InChI is InChI=1S/C13H19BrN2O/c1-10-3-4-12(14)9-11(10)5-8-16-13(17)6-7-15-2/h3-4,9,15H,5-8H2,1-2H3,(H,16,17). The molecule has 0 saturated heterocycles. The van der Waals surface area contributed by atoms with E-state index in [4.69, 9.17) is 0 Å². The highest BCUT2D eigenvalue weighted by molar-refractivity contribution is 9.10. The molecule has 0 fully saturated rings. The molecule has 3 nitrogen and oxygen atoms in total. The van der Waals surface area contributed by atoms with E-state index in [2.05, 4.69) is 45.6 Å². The zero-order valence-corrected chi connectivity index (χ0v) is 11.9. The average molecular weight is 299 g/mol. The molecule has 1 rings (SSSR count). The molecule has 0 unspecified atom stereocenters. The summed E-state index contributed by atoms with van der Waals surface area (Å²) in [6, 6.07) is 6.22. The van der Waals surface area contributed by atoms with Gasteiger partial charge in [-0.05, 0) is 43.7 Å². The van der Waals surface area contributed by atoms with Gasteiger partial charge < -0.3 is 10.6 Å². The summed E-state index contributed by atoms with van der Waals surface area (Å²) in [7, 11) is 1.85. The summed E-state index contributed by atoms with van der Waals surface area (Å²) in [6.45, 7) is 3.51. The lowest BCUT2D eigenvalue weighted by Gasteiger charge is -2.08. The van der Waals surface area contributed by atoms with Crippen LogP contribution in [0.25, 0.3) is 0 Å². The first-order valence-electron chi connectivity index (χ1n) is 5.80. The van der Waals surface area contributed by atoms with Crippen LogP contribution in [-0.4, -0.2) is 26.0 Å². The third-order valence-electron chi connectivity index (χ3n) is 2.63. The van der Waals surface area contributed by atoms with Crippen molar-refractivity contribution >= 4 is 21.8 Å². The molecule has 0 aromatic heterocycles. The Morgan fingerprint density at radius 1 is 1.35 bits per heavy atom. The van der Waals surface area contributed by atoms with Crippen LogP contribution in [0.5, 0.6) is 0 Å². The monoisotopic (exact) mass is 298 g/mol. The lowest BCUT2D eigenvalue weighted by atomic mass is 10.1. The molecule has 1 aromatic rings. The molecule has 0 atom stereocenters. The fraction of sp³-hybridized carbons (Fsp3) is 0.462. The minimum Gasteiger partial charge on any atom is -0.356 e. The number of aryl methyl sites for hydroxylation is 1. The second-order valence-corrected chi connectivity index (χ2v) is 4.94. The van der Waals surface area contributed by atoms with Crippen LogP contribution in [-0.2, 0) is 11.2 Å². The van der Waals surface area contributed by atoms with Gasteiger partial charge >= 0.3 is 0 Å². The van der Waals surface area contributed by atoms with E-state index in [1.807, 2.05) is 13.1 Å². The lowest BCUT2D eigenvalue weighted by molar-refractivity contribution is -0.120. The van der Waals surface area contributed by atoms with Gasteiger partial charge in [0.2, 0.25) is 5.91 Å². The summed E-state index contributed by atoms with van der Waals surface area (Å²) in [5.41, 5.74) is 2.53. The van der Waals surface area contributed by atoms with E-state index in [-0.39, 0.29) is 5.91 Å². The van der Waals surface area contributed by atoms with Crippen LogP contribution in [0.2, 0.25) is 0 Å². The third-order valence-corrected chi connectivity index (χ3v) is 3.12. The predicted octanol–water partition coefficient (Wildman–Crippen LogP) is 2.03. The molecule has 1 aromatic carbocycles. The molecule has 4 heteroatoms. The second-order valence-electron chi connectivity index (χ2n) is 4.02. The first-order chi connectivity index (χ1) is 8.13. The number of rotatable bonds is 6. The van der Waals surface area contributed by atoms with Gasteiger partial charge in [0, 0.05) is 24.0 Å². The van der Waals surface area contributed by atoms with Crippen LogP contribution in [0.15, 0.2) is 22.7 Å². The number of carbonyl (C=O) groups is 1. The van der Waals surface area contributed by atoms with Gasteiger partial charge in [0.1, 0.15) is 0 Å². The highest BCUT2D eigenvalue weighted by Crippen LogP contribution is 2.16. The summed E-state index contributed by atoms with van der Waals surface area (Å²) < 4.78 is 1.08. The fourth-order valence-corrected chi connectivity index (χ4v) is 1.98. The number of benzene rings is 1. The molecular formula is C13H19BrN2O. The van der Waals surface area contributed by atoms with Crippen LogP contribution in [0.3, 0.4) is 0 Å². The molecule has 94 valence electrons. The van der Waals surface area contributed by atoms with Crippen molar-refractivity contribution in [3.05, 3.63) is 33.8 Å². The fourth-order valence-electron chi connectivity index (χ4n) is 1.57. The molecule has 0 aliphatic rings. The summed E-state index contributed by atoms with van der Waals surface area (Å²) >= 11 is 3.46. The predicted molar refractivity (Wildman–Crippen MR) is 74.1 cm³/mol. The normalized spacial score (nSPS) is 10.3. The van der Waals surface area contributed by atoms with Crippen LogP contribution in [0.4, 0.5) is 0 Å². The van der Waals surface area contributed by atoms with Gasteiger partial charge in [-0.2, -0.15) is 0 Å². The molecule has 0 radical (unpaired) electrons. The molecule has 0 heterocycles. The van der Waals surface area contributed by atoms with Gasteiger partial charge in [-0.15, -0.1) is 0 Å². The topological polar surface area (TPSA) is 41.1 Å². The molecule has 0 aliphatic heterocycles. The van der Waals surface area contributed by atoms with Crippen molar-refractivity contribution in [3.8, 4) is 0 Å². The van der Waals surface area contributed by atoms with Crippen molar-refractivity contribution in [1.82, 2.24) is 10.6 Å². The Balaban J connectivity index is 2.35. The van der Waals surface area contributed by atoms with Crippen molar-refractivity contribution in [2.75, 3.05) is 20.1 Å². The van der Waals surface area contributed by atoms with Gasteiger partial charge in [-0.3, -0.25) is 4.79 Å². The van der Waals surface area contributed by atoms with E-state index in [1.165, 1.54) is 11.1 Å². The van der Waals surface area contributed by atoms with E-state index in [0.717, 1.165) is 17.4 Å². The van der Waals surface area contributed by atoms with Gasteiger partial charge in [-0.25, -0.2) is 0 Å². The first kappa shape index (κ1) is 14.2. The quantitative estimate of drug-likeness (QED) is 0.844. The number of hydrogen-bond acceptors (Lipinski definition) is 2. The lowest BCUT2D eigenvalue weighted by Crippen LogP contribution is -2.28. The molecule has 17 heavy (non-hydrogen) atoms. The van der Waals surface area contributed by atoms with Crippen molar-refractivity contribution in [1.29, 1.82) is 0 Å².